The summed E-state index contributed by atoms with van der Waals surface area (Å²) in [5.41, 5.74) is 0.368. The monoisotopic (exact) mass is 505 g/mol. The molecular weight excluding hydrogens is 477 g/mol. The highest BCUT2D eigenvalue weighted by molar-refractivity contribution is 7.92. The van der Waals surface area contributed by atoms with Crippen molar-refractivity contribution in [2.45, 2.75) is 67.6 Å². The van der Waals surface area contributed by atoms with Crippen LogP contribution >= 0.6 is 11.6 Å². The van der Waals surface area contributed by atoms with Gasteiger partial charge in [-0.1, -0.05) is 18.5 Å². The van der Waals surface area contributed by atoms with Gasteiger partial charge in [-0.3, -0.25) is 4.79 Å². The quantitative estimate of drug-likeness (QED) is 0.556. The Bertz CT molecular complexity index is 1260. The Hall–Kier alpha value is -1.96. The Labute approximate surface area is 204 Å². The molecule has 1 amide bonds. The first kappa shape index (κ1) is 23.8. The van der Waals surface area contributed by atoms with Crippen LogP contribution in [0.5, 0.6) is 0 Å². The van der Waals surface area contributed by atoms with Crippen LogP contribution in [0.3, 0.4) is 0 Å². The van der Waals surface area contributed by atoms with E-state index in [9.17, 15) is 22.7 Å². The summed E-state index contributed by atoms with van der Waals surface area (Å²) in [4.78, 5) is 12.9. The van der Waals surface area contributed by atoms with Gasteiger partial charge in [-0.2, -0.15) is 0 Å². The number of carbonyl (C=O) groups excluding carboxylic acids is 1. The maximum absolute atomic E-state index is 14.0. The average molecular weight is 506 g/mol. The molecule has 0 heterocycles. The minimum atomic E-state index is -3.81. The van der Waals surface area contributed by atoms with Gasteiger partial charge in [0.05, 0.1) is 20.8 Å². The summed E-state index contributed by atoms with van der Waals surface area (Å²) in [7, 11) is -3.81. The Kier molecular flexibility index (Phi) is 5.81. The molecule has 34 heavy (non-hydrogen) atoms. The summed E-state index contributed by atoms with van der Waals surface area (Å²) in [6.07, 6.45) is 3.43. The van der Waals surface area contributed by atoms with Crippen LogP contribution in [0.25, 0.3) is 0 Å². The summed E-state index contributed by atoms with van der Waals surface area (Å²) < 4.78 is 41.3. The molecule has 0 aliphatic heterocycles. The Morgan fingerprint density at radius 3 is 2.56 bits per heavy atom. The Balaban J connectivity index is 1.39. The van der Waals surface area contributed by atoms with Crippen molar-refractivity contribution in [3.05, 3.63) is 58.4 Å². The third-order valence-electron chi connectivity index (χ3n) is 8.19. The summed E-state index contributed by atoms with van der Waals surface area (Å²) in [5, 5.41) is 13.1. The van der Waals surface area contributed by atoms with Gasteiger partial charge in [0.2, 0.25) is 0 Å². The molecule has 5 rings (SSSR count). The predicted octanol–water partition coefficient (Wildman–Crippen LogP) is 5.57. The number of nitrogens with one attached hydrogen (secondary N) is 1. The van der Waals surface area contributed by atoms with Gasteiger partial charge in [0.25, 0.3) is 5.91 Å². The zero-order valence-corrected chi connectivity index (χ0v) is 20.8. The number of fused-ring (bicyclic) bond motifs is 2. The van der Waals surface area contributed by atoms with Gasteiger partial charge in [-0.25, -0.2) is 12.8 Å². The second kappa shape index (κ2) is 8.32. The van der Waals surface area contributed by atoms with Gasteiger partial charge in [0, 0.05) is 11.3 Å². The highest BCUT2D eigenvalue weighted by Gasteiger charge is 2.56. The molecule has 5 atom stereocenters. The minimum absolute atomic E-state index is 0.0572. The fraction of sp³-hybridized carbons (Fsp3) is 0.500. The van der Waals surface area contributed by atoms with E-state index in [2.05, 4.69) is 12.2 Å². The van der Waals surface area contributed by atoms with Crippen molar-refractivity contribution in [3.8, 4) is 0 Å². The number of carbonyl (C=O) groups is 1. The van der Waals surface area contributed by atoms with E-state index in [0.717, 1.165) is 19.3 Å². The molecule has 182 valence electrons. The van der Waals surface area contributed by atoms with Gasteiger partial charge in [-0.15, -0.1) is 0 Å². The summed E-state index contributed by atoms with van der Waals surface area (Å²) in [6, 6.07) is 8.73. The first-order valence-electron chi connectivity index (χ1n) is 11.8. The lowest BCUT2D eigenvalue weighted by molar-refractivity contribution is -0.0466. The van der Waals surface area contributed by atoms with Crippen LogP contribution in [0.1, 0.15) is 67.8 Å². The van der Waals surface area contributed by atoms with E-state index in [4.69, 9.17) is 11.6 Å². The highest BCUT2D eigenvalue weighted by Crippen LogP contribution is 2.54. The van der Waals surface area contributed by atoms with Gasteiger partial charge in [0.1, 0.15) is 5.82 Å². The molecule has 0 radical (unpaired) electrons. The number of hydrogen-bond acceptors (Lipinski definition) is 4. The first-order chi connectivity index (χ1) is 16.0. The first-order valence-corrected chi connectivity index (χ1v) is 13.8. The zero-order chi connectivity index (χ0) is 24.4. The van der Waals surface area contributed by atoms with Crippen molar-refractivity contribution in [1.29, 1.82) is 0 Å². The second-order valence-corrected chi connectivity index (χ2v) is 13.1. The summed E-state index contributed by atoms with van der Waals surface area (Å²) in [6.45, 7) is 3.88. The molecule has 3 aliphatic rings. The summed E-state index contributed by atoms with van der Waals surface area (Å²) in [5.74, 6) is -0.486. The van der Waals surface area contributed by atoms with Crippen LogP contribution < -0.4 is 5.32 Å². The lowest BCUT2D eigenvalue weighted by Gasteiger charge is -2.40. The maximum atomic E-state index is 14.0. The molecule has 0 spiro atoms. The molecule has 5 nitrogen and oxygen atoms in total. The van der Waals surface area contributed by atoms with Gasteiger partial charge in [0.15, 0.2) is 9.84 Å². The lowest BCUT2D eigenvalue weighted by atomic mass is 9.74. The topological polar surface area (TPSA) is 83.5 Å². The van der Waals surface area contributed by atoms with Crippen molar-refractivity contribution in [2.75, 3.05) is 5.32 Å². The Morgan fingerprint density at radius 1 is 1.15 bits per heavy atom. The lowest BCUT2D eigenvalue weighted by Crippen LogP contribution is -2.46. The zero-order valence-electron chi connectivity index (χ0n) is 19.2. The molecule has 2 aromatic carbocycles. The molecule has 3 saturated carbocycles. The third kappa shape index (κ3) is 4.06. The second-order valence-electron chi connectivity index (χ2n) is 10.5. The van der Waals surface area contributed by atoms with Crippen molar-refractivity contribution in [3.63, 3.8) is 0 Å². The molecule has 0 aromatic heterocycles. The molecule has 3 aliphatic carbocycles. The number of benzene rings is 2. The van der Waals surface area contributed by atoms with Crippen molar-refractivity contribution >= 4 is 33.0 Å². The Morgan fingerprint density at radius 2 is 1.88 bits per heavy atom. The van der Waals surface area contributed by atoms with Crippen LogP contribution in [-0.4, -0.2) is 30.3 Å². The number of amides is 1. The number of rotatable bonds is 5. The SMILES string of the molecule is C[C@H]1CC2CC(S(=O)(=O)c3cc(C(=O)Nc4ccc(F)c(C5CC5)c4)ccc3Cl)C[C@H]1[C@]2(C)O. The minimum Gasteiger partial charge on any atom is -0.390 e. The molecule has 2 aromatic rings. The van der Waals surface area contributed by atoms with E-state index in [1.54, 1.807) is 6.07 Å². The third-order valence-corrected chi connectivity index (χ3v) is 10.8. The van der Waals surface area contributed by atoms with Crippen LogP contribution in [-0.2, 0) is 9.84 Å². The largest absolute Gasteiger partial charge is 0.390 e. The van der Waals surface area contributed by atoms with Gasteiger partial charge >= 0.3 is 0 Å². The molecule has 2 bridgehead atoms. The number of anilines is 1. The fourth-order valence-electron chi connectivity index (χ4n) is 6.06. The van der Waals surface area contributed by atoms with Crippen LogP contribution in [0.2, 0.25) is 5.02 Å². The number of halogens is 2. The fourth-order valence-corrected chi connectivity index (χ4v) is 8.44. The van der Waals surface area contributed by atoms with Crippen LogP contribution in [0.4, 0.5) is 10.1 Å². The molecular formula is C26H29ClFNO4S. The van der Waals surface area contributed by atoms with E-state index in [1.165, 1.54) is 30.3 Å². The molecule has 2 unspecified atom stereocenters. The summed E-state index contributed by atoms with van der Waals surface area (Å²) >= 11 is 6.32. The van der Waals surface area contributed by atoms with E-state index >= 15 is 0 Å². The molecule has 3 fully saturated rings. The van der Waals surface area contributed by atoms with Gasteiger partial charge < -0.3 is 10.4 Å². The van der Waals surface area contributed by atoms with E-state index in [-0.39, 0.29) is 45.0 Å². The van der Waals surface area contributed by atoms with Crippen LogP contribution in [0.15, 0.2) is 41.3 Å². The van der Waals surface area contributed by atoms with Crippen molar-refractivity contribution in [1.82, 2.24) is 0 Å². The molecule has 0 saturated heterocycles. The van der Waals surface area contributed by atoms with Gasteiger partial charge in [-0.05, 0) is 105 Å². The predicted molar refractivity (Wildman–Crippen MR) is 129 cm³/mol. The smallest absolute Gasteiger partial charge is 0.255 e. The van der Waals surface area contributed by atoms with E-state index < -0.39 is 26.6 Å². The maximum Gasteiger partial charge on any atom is 0.255 e. The average Bonchev–Trinajstić information content (AvgIpc) is 3.60. The number of hydrogen-bond donors (Lipinski definition) is 2. The normalized spacial score (nSPS) is 30.9. The van der Waals surface area contributed by atoms with Crippen molar-refractivity contribution in [2.24, 2.45) is 17.8 Å². The van der Waals surface area contributed by atoms with E-state index in [1.807, 2.05) is 6.92 Å². The van der Waals surface area contributed by atoms with Crippen LogP contribution in [0, 0.1) is 23.6 Å². The number of sulfone groups is 1. The van der Waals surface area contributed by atoms with Crippen molar-refractivity contribution < 1.29 is 22.7 Å². The van der Waals surface area contributed by atoms with E-state index in [0.29, 0.717) is 24.1 Å². The molecule has 2 N–H and O–H groups in total. The number of aliphatic hydroxyl groups is 1. The standard InChI is InChI=1S/C26H29ClFNO4S/c1-14-9-17-11-19(13-21(14)26(17,2)31)34(32,33)24-10-16(5-7-22(24)27)25(30)29-18-6-8-23(28)20(12-18)15-3-4-15/h5-8,10,12,14-15,17,19,21,31H,3-4,9,11,13H2,1-2H3,(H,29,30)/t14-,17?,19?,21+,26+/m0/s1. The molecule has 8 heteroatoms. The highest BCUT2D eigenvalue weighted by atomic mass is 35.5.